The van der Waals surface area contributed by atoms with Gasteiger partial charge in [-0.15, -0.1) is 0 Å². The molecule has 1 aromatic carbocycles. The van der Waals surface area contributed by atoms with Gasteiger partial charge in [0.2, 0.25) is 0 Å². The molecular formula is C14H14N2O4. The fourth-order valence-corrected chi connectivity index (χ4v) is 1.75. The van der Waals surface area contributed by atoms with Gasteiger partial charge in [0.1, 0.15) is 11.3 Å². The minimum atomic E-state index is -1.09. The number of carboxylic acid groups (broad SMARTS) is 1. The van der Waals surface area contributed by atoms with Gasteiger partial charge in [0.25, 0.3) is 5.91 Å². The van der Waals surface area contributed by atoms with Crippen LogP contribution in [0, 0.1) is 6.92 Å². The molecule has 6 nitrogen and oxygen atoms in total. The van der Waals surface area contributed by atoms with E-state index in [9.17, 15) is 9.59 Å². The molecule has 1 aromatic heterocycles. The Balaban J connectivity index is 1.97. The first-order valence-electron chi connectivity index (χ1n) is 5.97. The minimum absolute atomic E-state index is 0.0538. The second-order valence-electron chi connectivity index (χ2n) is 4.16. The van der Waals surface area contributed by atoms with E-state index in [1.165, 1.54) is 6.20 Å². The maximum absolute atomic E-state index is 11.7. The summed E-state index contributed by atoms with van der Waals surface area (Å²) in [7, 11) is 0. The van der Waals surface area contributed by atoms with Gasteiger partial charge in [-0.05, 0) is 19.1 Å². The Morgan fingerprint density at radius 3 is 2.65 bits per heavy atom. The van der Waals surface area contributed by atoms with Crippen LogP contribution >= 0.6 is 0 Å². The molecule has 0 spiro atoms. The monoisotopic (exact) mass is 274 g/mol. The number of carbonyl (C=O) groups is 2. The summed E-state index contributed by atoms with van der Waals surface area (Å²) < 4.78 is 5.28. The van der Waals surface area contributed by atoms with E-state index >= 15 is 0 Å². The number of aromatic amines is 1. The van der Waals surface area contributed by atoms with Crippen LogP contribution in [0.3, 0.4) is 0 Å². The van der Waals surface area contributed by atoms with E-state index in [1.54, 1.807) is 31.2 Å². The Morgan fingerprint density at radius 1 is 1.30 bits per heavy atom. The molecule has 0 aliphatic rings. The average molecular weight is 274 g/mol. The first-order valence-corrected chi connectivity index (χ1v) is 5.97. The summed E-state index contributed by atoms with van der Waals surface area (Å²) in [4.78, 5) is 25.6. The number of aromatic carboxylic acids is 1. The van der Waals surface area contributed by atoms with Gasteiger partial charge in [0.05, 0.1) is 5.69 Å². The number of carboxylic acids is 1. The highest BCUT2D eigenvalue weighted by Crippen LogP contribution is 2.19. The number of H-pyrrole nitrogens is 1. The number of hydrogen-bond donors (Lipinski definition) is 3. The number of aromatic nitrogens is 1. The molecule has 0 bridgehead atoms. The number of anilines is 1. The van der Waals surface area contributed by atoms with Gasteiger partial charge in [-0.1, -0.05) is 18.2 Å². The lowest BCUT2D eigenvalue weighted by Crippen LogP contribution is -2.21. The predicted octanol–water partition coefficient (Wildman–Crippen LogP) is 2.04. The number of amides is 1. The van der Waals surface area contributed by atoms with Crippen molar-refractivity contribution in [2.24, 2.45) is 0 Å². The molecule has 6 heteroatoms. The SMILES string of the molecule is Cc1[nH]cc(NC(=O)COc2ccccc2)c1C(=O)O. The van der Waals surface area contributed by atoms with Crippen molar-refractivity contribution in [2.45, 2.75) is 6.92 Å². The summed E-state index contributed by atoms with van der Waals surface area (Å²) in [6, 6.07) is 8.90. The van der Waals surface area contributed by atoms with Crippen molar-refractivity contribution in [2.75, 3.05) is 11.9 Å². The first kappa shape index (κ1) is 13.7. The summed E-state index contributed by atoms with van der Waals surface area (Å²) in [6.45, 7) is 1.44. The molecule has 0 saturated heterocycles. The van der Waals surface area contributed by atoms with Gasteiger partial charge < -0.3 is 20.1 Å². The van der Waals surface area contributed by atoms with E-state index in [1.807, 2.05) is 6.07 Å². The van der Waals surface area contributed by atoms with Gasteiger partial charge in [-0.2, -0.15) is 0 Å². The maximum Gasteiger partial charge on any atom is 0.339 e. The second-order valence-corrected chi connectivity index (χ2v) is 4.16. The molecule has 1 amide bonds. The number of carbonyl (C=O) groups excluding carboxylic acids is 1. The predicted molar refractivity (Wildman–Crippen MR) is 73.1 cm³/mol. The zero-order chi connectivity index (χ0) is 14.5. The molecule has 0 aliphatic heterocycles. The van der Waals surface area contributed by atoms with Crippen molar-refractivity contribution in [3.8, 4) is 5.75 Å². The zero-order valence-corrected chi connectivity index (χ0v) is 10.8. The van der Waals surface area contributed by atoms with Crippen molar-refractivity contribution >= 4 is 17.6 Å². The number of hydrogen-bond acceptors (Lipinski definition) is 3. The van der Waals surface area contributed by atoms with Crippen LogP contribution in [-0.4, -0.2) is 28.6 Å². The summed E-state index contributed by atoms with van der Waals surface area (Å²) >= 11 is 0. The number of benzene rings is 1. The number of rotatable bonds is 5. The molecule has 2 rings (SSSR count). The second kappa shape index (κ2) is 5.92. The molecular weight excluding hydrogens is 260 g/mol. The van der Waals surface area contributed by atoms with Crippen LogP contribution in [0.25, 0.3) is 0 Å². The van der Waals surface area contributed by atoms with Crippen molar-refractivity contribution < 1.29 is 19.4 Å². The summed E-state index contributed by atoms with van der Waals surface area (Å²) in [5, 5.41) is 11.6. The minimum Gasteiger partial charge on any atom is -0.484 e. The lowest BCUT2D eigenvalue weighted by molar-refractivity contribution is -0.118. The van der Waals surface area contributed by atoms with Crippen LogP contribution in [0.15, 0.2) is 36.5 Å². The number of aryl methyl sites for hydroxylation is 1. The van der Waals surface area contributed by atoms with E-state index in [-0.39, 0.29) is 17.9 Å². The van der Waals surface area contributed by atoms with Crippen LogP contribution in [-0.2, 0) is 4.79 Å². The number of para-hydroxylation sites is 1. The normalized spacial score (nSPS) is 10.1. The van der Waals surface area contributed by atoms with E-state index in [0.717, 1.165) is 0 Å². The summed E-state index contributed by atoms with van der Waals surface area (Å²) in [6.07, 6.45) is 1.44. The van der Waals surface area contributed by atoms with E-state index in [0.29, 0.717) is 11.4 Å². The highest BCUT2D eigenvalue weighted by Gasteiger charge is 2.17. The van der Waals surface area contributed by atoms with Gasteiger partial charge in [0, 0.05) is 11.9 Å². The third-order valence-electron chi connectivity index (χ3n) is 2.68. The molecule has 0 radical (unpaired) electrons. The molecule has 0 fully saturated rings. The third-order valence-corrected chi connectivity index (χ3v) is 2.68. The Hall–Kier alpha value is -2.76. The molecule has 0 aliphatic carbocycles. The van der Waals surface area contributed by atoms with Gasteiger partial charge in [-0.25, -0.2) is 4.79 Å². The number of nitrogens with one attached hydrogen (secondary N) is 2. The summed E-state index contributed by atoms with van der Waals surface area (Å²) in [5.74, 6) is -0.940. The molecule has 0 unspecified atom stereocenters. The smallest absolute Gasteiger partial charge is 0.339 e. The van der Waals surface area contributed by atoms with E-state index < -0.39 is 11.9 Å². The fraction of sp³-hybridized carbons (Fsp3) is 0.143. The van der Waals surface area contributed by atoms with Gasteiger partial charge in [0.15, 0.2) is 6.61 Å². The first-order chi connectivity index (χ1) is 9.58. The topological polar surface area (TPSA) is 91.4 Å². The van der Waals surface area contributed by atoms with Crippen molar-refractivity contribution in [3.63, 3.8) is 0 Å². The van der Waals surface area contributed by atoms with Crippen LogP contribution in [0.2, 0.25) is 0 Å². The Morgan fingerprint density at radius 2 is 2.00 bits per heavy atom. The number of ether oxygens (including phenoxy) is 1. The summed E-state index contributed by atoms with van der Waals surface area (Å²) in [5.41, 5.74) is 0.770. The van der Waals surface area contributed by atoms with E-state index in [4.69, 9.17) is 9.84 Å². The zero-order valence-electron chi connectivity index (χ0n) is 10.8. The quantitative estimate of drug-likeness (QED) is 0.778. The molecule has 1 heterocycles. The Labute approximate surface area is 115 Å². The van der Waals surface area contributed by atoms with Crippen molar-refractivity contribution in [1.82, 2.24) is 4.98 Å². The van der Waals surface area contributed by atoms with Crippen LogP contribution < -0.4 is 10.1 Å². The Kier molecular flexibility index (Phi) is 4.05. The lowest BCUT2D eigenvalue weighted by atomic mass is 10.2. The molecule has 3 N–H and O–H groups in total. The standard InChI is InChI=1S/C14H14N2O4/c1-9-13(14(18)19)11(7-15-9)16-12(17)8-20-10-5-3-2-4-6-10/h2-7,15H,8H2,1H3,(H,16,17)(H,18,19). The van der Waals surface area contributed by atoms with Crippen molar-refractivity contribution in [1.29, 1.82) is 0 Å². The highest BCUT2D eigenvalue weighted by atomic mass is 16.5. The molecule has 20 heavy (non-hydrogen) atoms. The average Bonchev–Trinajstić information content (AvgIpc) is 2.78. The molecule has 0 saturated carbocycles. The lowest BCUT2D eigenvalue weighted by Gasteiger charge is -2.07. The largest absolute Gasteiger partial charge is 0.484 e. The van der Waals surface area contributed by atoms with E-state index in [2.05, 4.69) is 10.3 Å². The molecule has 104 valence electrons. The van der Waals surface area contributed by atoms with Crippen LogP contribution in [0.4, 0.5) is 5.69 Å². The Bertz CT molecular complexity index is 619. The van der Waals surface area contributed by atoms with Crippen LogP contribution in [0.5, 0.6) is 5.75 Å². The maximum atomic E-state index is 11.7. The van der Waals surface area contributed by atoms with Crippen molar-refractivity contribution in [3.05, 3.63) is 47.8 Å². The highest BCUT2D eigenvalue weighted by molar-refractivity contribution is 6.01. The van der Waals surface area contributed by atoms with Gasteiger partial charge >= 0.3 is 5.97 Å². The van der Waals surface area contributed by atoms with Crippen LogP contribution in [0.1, 0.15) is 16.1 Å². The molecule has 2 aromatic rings. The molecule has 0 atom stereocenters. The third kappa shape index (κ3) is 3.17. The fourth-order valence-electron chi connectivity index (χ4n) is 1.75. The van der Waals surface area contributed by atoms with Gasteiger partial charge in [-0.3, -0.25) is 4.79 Å².